The smallest absolute Gasteiger partial charge is 0.407 e. The summed E-state index contributed by atoms with van der Waals surface area (Å²) >= 11 is 0. The molecule has 0 aromatic heterocycles. The van der Waals surface area contributed by atoms with E-state index in [4.69, 9.17) is 9.47 Å². The number of rotatable bonds is 9. The van der Waals surface area contributed by atoms with Crippen molar-refractivity contribution in [1.82, 2.24) is 10.6 Å². The van der Waals surface area contributed by atoms with Gasteiger partial charge in [0.2, 0.25) is 0 Å². The van der Waals surface area contributed by atoms with Gasteiger partial charge in [0, 0.05) is 36.9 Å². The number of carbonyl (C=O) groups excluding carboxylic acids is 6. The van der Waals surface area contributed by atoms with Gasteiger partial charge in [-0.25, -0.2) is 19.4 Å². The molecule has 2 aliphatic heterocycles. The first-order valence-corrected chi connectivity index (χ1v) is 14.9. The highest BCUT2D eigenvalue weighted by Crippen LogP contribution is 2.45. The fourth-order valence-corrected chi connectivity index (χ4v) is 6.59. The van der Waals surface area contributed by atoms with Crippen LogP contribution in [-0.2, 0) is 41.9 Å². The zero-order valence-corrected chi connectivity index (χ0v) is 25.9. The third-order valence-electron chi connectivity index (χ3n) is 8.12. The first kappa shape index (κ1) is 32.1. The lowest BCUT2D eigenvalue weighted by Crippen LogP contribution is -2.50. The van der Waals surface area contributed by atoms with Gasteiger partial charge in [0.05, 0.1) is 11.4 Å². The molecule has 2 aromatic rings. The van der Waals surface area contributed by atoms with Crippen molar-refractivity contribution >= 4 is 47.2 Å². The second kappa shape index (κ2) is 13.0. The Morgan fingerprint density at radius 3 is 1.72 bits per heavy atom. The Morgan fingerprint density at radius 1 is 0.739 bits per heavy atom. The predicted octanol–water partition coefficient (Wildman–Crippen LogP) is 4.28. The molecule has 0 saturated heterocycles. The summed E-state index contributed by atoms with van der Waals surface area (Å²) in [4.78, 5) is 75.5. The molecule has 2 atom stereocenters. The van der Waals surface area contributed by atoms with E-state index in [1.807, 2.05) is 0 Å². The maximum Gasteiger partial charge on any atom is 0.407 e. The van der Waals surface area contributed by atoms with Gasteiger partial charge in [-0.1, -0.05) is 45.0 Å². The third-order valence-corrected chi connectivity index (χ3v) is 8.12. The molecule has 3 aliphatic rings. The summed E-state index contributed by atoms with van der Waals surface area (Å²) in [6.07, 6.45) is 5.75. The molecule has 0 bridgehead atoms. The lowest BCUT2D eigenvalue weighted by Gasteiger charge is -2.46. The first-order chi connectivity index (χ1) is 21.8. The summed E-state index contributed by atoms with van der Waals surface area (Å²) in [6, 6.07) is 13.2. The number of anilines is 2. The monoisotopic (exact) mass is 628 g/mol. The number of benzene rings is 2. The topological polar surface area (TPSA) is 151 Å². The van der Waals surface area contributed by atoms with Crippen LogP contribution in [0.25, 0.3) is 0 Å². The zero-order chi connectivity index (χ0) is 33.1. The van der Waals surface area contributed by atoms with E-state index in [1.54, 1.807) is 48.5 Å². The SMILES string of the molecule is CC1(C)CC(NC(=O)OCc2cccc(N3C(=O)C=CC3=O)c2)CC(C)(CNC(=O)OCc2cccc(N3C(=O)C=CC3=O)c2)C1. The van der Waals surface area contributed by atoms with Crippen molar-refractivity contribution in [2.45, 2.75) is 59.3 Å². The maximum absolute atomic E-state index is 12.8. The van der Waals surface area contributed by atoms with E-state index in [9.17, 15) is 28.8 Å². The molecule has 6 amide bonds. The van der Waals surface area contributed by atoms with Crippen LogP contribution in [0.4, 0.5) is 21.0 Å². The average molecular weight is 629 g/mol. The largest absolute Gasteiger partial charge is 0.445 e. The Morgan fingerprint density at radius 2 is 1.22 bits per heavy atom. The minimum atomic E-state index is -0.607. The van der Waals surface area contributed by atoms with Crippen LogP contribution >= 0.6 is 0 Å². The predicted molar refractivity (Wildman–Crippen MR) is 167 cm³/mol. The molecule has 46 heavy (non-hydrogen) atoms. The summed E-state index contributed by atoms with van der Waals surface area (Å²) in [5.74, 6) is -1.71. The summed E-state index contributed by atoms with van der Waals surface area (Å²) in [6.45, 7) is 6.50. The molecule has 240 valence electrons. The van der Waals surface area contributed by atoms with Crippen molar-refractivity contribution in [2.24, 2.45) is 10.8 Å². The Bertz CT molecular complexity index is 1610. The van der Waals surface area contributed by atoms with Gasteiger partial charge in [0.1, 0.15) is 13.2 Å². The van der Waals surface area contributed by atoms with Gasteiger partial charge < -0.3 is 20.1 Å². The fraction of sp³-hybridized carbons (Fsp3) is 0.353. The highest BCUT2D eigenvalue weighted by atomic mass is 16.6. The molecule has 2 unspecified atom stereocenters. The van der Waals surface area contributed by atoms with Gasteiger partial charge >= 0.3 is 12.2 Å². The molecule has 1 saturated carbocycles. The Balaban J connectivity index is 1.10. The molecular weight excluding hydrogens is 592 g/mol. The standard InChI is InChI=1S/C34H36N4O8/c1-33(2)16-24(36-32(44)46-19-23-7-5-9-26(15-23)38-29(41)12-13-30(38)42)17-34(3,20-33)21-35-31(43)45-18-22-6-4-8-25(14-22)37-27(39)10-11-28(37)40/h4-15,24H,16-21H2,1-3H3,(H,35,43)(H,36,44). The van der Waals surface area contributed by atoms with Crippen LogP contribution in [0.5, 0.6) is 0 Å². The normalized spacial score (nSPS) is 21.9. The molecule has 1 fully saturated rings. The van der Waals surface area contributed by atoms with Crippen LogP contribution in [0.2, 0.25) is 0 Å². The number of nitrogens with zero attached hydrogens (tertiary/aromatic N) is 2. The summed E-state index contributed by atoms with van der Waals surface area (Å²) in [5.41, 5.74) is 1.57. The minimum Gasteiger partial charge on any atom is -0.445 e. The van der Waals surface area contributed by atoms with Gasteiger partial charge in [0.15, 0.2) is 0 Å². The summed E-state index contributed by atoms with van der Waals surface area (Å²) in [7, 11) is 0. The molecule has 12 heteroatoms. The van der Waals surface area contributed by atoms with Crippen LogP contribution in [0.15, 0.2) is 72.8 Å². The van der Waals surface area contributed by atoms with Gasteiger partial charge in [-0.2, -0.15) is 0 Å². The van der Waals surface area contributed by atoms with E-state index in [0.29, 0.717) is 35.5 Å². The zero-order valence-electron chi connectivity index (χ0n) is 25.9. The van der Waals surface area contributed by atoms with Crippen molar-refractivity contribution in [1.29, 1.82) is 0 Å². The highest BCUT2D eigenvalue weighted by Gasteiger charge is 2.42. The number of amides is 6. The number of hydrogen-bond acceptors (Lipinski definition) is 8. The third kappa shape index (κ3) is 7.68. The van der Waals surface area contributed by atoms with E-state index in [-0.39, 0.29) is 30.1 Å². The average Bonchev–Trinajstić information content (AvgIpc) is 3.51. The lowest BCUT2D eigenvalue weighted by atomic mass is 9.62. The van der Waals surface area contributed by atoms with Crippen LogP contribution in [0, 0.1) is 10.8 Å². The molecule has 2 heterocycles. The lowest BCUT2D eigenvalue weighted by molar-refractivity contribution is -0.121. The minimum absolute atomic E-state index is 0.0471. The Kier molecular flexibility index (Phi) is 9.08. The highest BCUT2D eigenvalue weighted by molar-refractivity contribution is 6.28. The number of nitrogens with one attached hydrogen (secondary N) is 2. The summed E-state index contributed by atoms with van der Waals surface area (Å²) in [5, 5.41) is 5.81. The number of alkyl carbamates (subject to hydrolysis) is 2. The number of hydrogen-bond donors (Lipinski definition) is 2. The van der Waals surface area contributed by atoms with Crippen molar-refractivity contribution < 1.29 is 38.2 Å². The van der Waals surface area contributed by atoms with Crippen LogP contribution < -0.4 is 20.4 Å². The molecule has 2 aromatic carbocycles. The quantitative estimate of drug-likeness (QED) is 0.391. The van der Waals surface area contributed by atoms with E-state index >= 15 is 0 Å². The number of imide groups is 2. The Hall–Kier alpha value is -5.26. The molecular formula is C34H36N4O8. The second-order valence-corrected chi connectivity index (χ2v) is 12.9. The van der Waals surface area contributed by atoms with Crippen molar-refractivity contribution in [3.05, 3.63) is 84.0 Å². The van der Waals surface area contributed by atoms with Gasteiger partial charge in [-0.05, 0) is 65.5 Å². The van der Waals surface area contributed by atoms with E-state index < -0.39 is 35.8 Å². The molecule has 1 aliphatic carbocycles. The first-order valence-electron chi connectivity index (χ1n) is 14.9. The van der Waals surface area contributed by atoms with E-state index in [1.165, 1.54) is 24.3 Å². The van der Waals surface area contributed by atoms with Crippen LogP contribution in [0.1, 0.15) is 51.2 Å². The van der Waals surface area contributed by atoms with Crippen molar-refractivity contribution in [3.8, 4) is 0 Å². The molecule has 0 spiro atoms. The molecule has 0 radical (unpaired) electrons. The number of carbonyl (C=O) groups is 6. The van der Waals surface area contributed by atoms with E-state index in [0.717, 1.165) is 22.6 Å². The van der Waals surface area contributed by atoms with Crippen LogP contribution in [0.3, 0.4) is 0 Å². The van der Waals surface area contributed by atoms with Gasteiger partial charge in [0.25, 0.3) is 23.6 Å². The maximum atomic E-state index is 12.8. The molecule has 5 rings (SSSR count). The van der Waals surface area contributed by atoms with E-state index in [2.05, 4.69) is 31.4 Å². The molecule has 12 nitrogen and oxygen atoms in total. The van der Waals surface area contributed by atoms with Gasteiger partial charge in [-0.15, -0.1) is 0 Å². The Labute approximate surface area is 266 Å². The fourth-order valence-electron chi connectivity index (χ4n) is 6.59. The second-order valence-electron chi connectivity index (χ2n) is 12.9. The van der Waals surface area contributed by atoms with Crippen LogP contribution in [-0.4, -0.2) is 48.4 Å². The number of ether oxygens (including phenoxy) is 2. The summed E-state index contributed by atoms with van der Waals surface area (Å²) < 4.78 is 10.9. The van der Waals surface area contributed by atoms with Crippen molar-refractivity contribution in [3.63, 3.8) is 0 Å². The van der Waals surface area contributed by atoms with Gasteiger partial charge in [-0.3, -0.25) is 19.2 Å². The van der Waals surface area contributed by atoms with Crippen molar-refractivity contribution in [2.75, 3.05) is 16.3 Å². The molecule has 2 N–H and O–H groups in total.